The molecular weight excluding hydrogens is 264 g/mol. The van der Waals surface area contributed by atoms with E-state index in [0.717, 1.165) is 25.5 Å². The molecule has 19 heavy (non-hydrogen) atoms. The number of carbonyl (C=O) groups excluding carboxylic acids is 1. The van der Waals surface area contributed by atoms with Crippen molar-refractivity contribution in [1.29, 1.82) is 0 Å². The van der Waals surface area contributed by atoms with Crippen LogP contribution in [0, 0.1) is 0 Å². The second kappa shape index (κ2) is 7.25. The SMILES string of the molecule is CS(=O)(=O)c1cccc(C(=O)NCCCCCN)c1. The molecule has 0 aliphatic heterocycles. The van der Waals surface area contributed by atoms with E-state index in [1.807, 2.05) is 0 Å². The quantitative estimate of drug-likeness (QED) is 0.729. The molecule has 0 atom stereocenters. The van der Waals surface area contributed by atoms with E-state index in [4.69, 9.17) is 5.73 Å². The molecule has 0 saturated heterocycles. The highest BCUT2D eigenvalue weighted by atomic mass is 32.2. The number of rotatable bonds is 7. The van der Waals surface area contributed by atoms with Crippen LogP contribution >= 0.6 is 0 Å². The molecule has 0 unspecified atom stereocenters. The van der Waals surface area contributed by atoms with Crippen LogP contribution < -0.4 is 11.1 Å². The molecule has 1 rings (SSSR count). The van der Waals surface area contributed by atoms with E-state index in [0.29, 0.717) is 18.7 Å². The van der Waals surface area contributed by atoms with Gasteiger partial charge < -0.3 is 11.1 Å². The monoisotopic (exact) mass is 284 g/mol. The van der Waals surface area contributed by atoms with Crippen LogP contribution in [0.2, 0.25) is 0 Å². The third-order valence-electron chi connectivity index (χ3n) is 2.69. The molecule has 0 radical (unpaired) electrons. The highest BCUT2D eigenvalue weighted by Crippen LogP contribution is 2.11. The highest BCUT2D eigenvalue weighted by Gasteiger charge is 2.10. The molecule has 0 bridgehead atoms. The van der Waals surface area contributed by atoms with Gasteiger partial charge in [-0.3, -0.25) is 4.79 Å². The molecule has 0 aliphatic carbocycles. The van der Waals surface area contributed by atoms with E-state index >= 15 is 0 Å². The smallest absolute Gasteiger partial charge is 0.251 e. The van der Waals surface area contributed by atoms with Crippen LogP contribution in [0.4, 0.5) is 0 Å². The topological polar surface area (TPSA) is 89.3 Å². The van der Waals surface area contributed by atoms with E-state index < -0.39 is 9.84 Å². The molecule has 5 nitrogen and oxygen atoms in total. The summed E-state index contributed by atoms with van der Waals surface area (Å²) in [4.78, 5) is 12.0. The van der Waals surface area contributed by atoms with Crippen LogP contribution in [0.3, 0.4) is 0 Å². The first-order valence-electron chi connectivity index (χ1n) is 6.23. The Balaban J connectivity index is 2.58. The average Bonchev–Trinajstić information content (AvgIpc) is 2.37. The molecule has 0 aliphatic rings. The molecule has 0 aromatic heterocycles. The van der Waals surface area contributed by atoms with E-state index in [1.165, 1.54) is 12.1 Å². The lowest BCUT2D eigenvalue weighted by atomic mass is 10.2. The van der Waals surface area contributed by atoms with Gasteiger partial charge in [-0.1, -0.05) is 12.5 Å². The molecule has 1 aromatic rings. The first kappa shape index (κ1) is 15.7. The Hall–Kier alpha value is -1.40. The van der Waals surface area contributed by atoms with Gasteiger partial charge in [0.15, 0.2) is 9.84 Å². The van der Waals surface area contributed by atoms with Crippen LogP contribution in [0.5, 0.6) is 0 Å². The van der Waals surface area contributed by atoms with Gasteiger partial charge in [0.25, 0.3) is 5.91 Å². The molecule has 0 fully saturated rings. The molecular formula is C13H20N2O3S. The predicted molar refractivity (Wildman–Crippen MR) is 74.8 cm³/mol. The van der Waals surface area contributed by atoms with E-state index in [-0.39, 0.29) is 10.8 Å². The zero-order chi connectivity index (χ0) is 14.3. The average molecular weight is 284 g/mol. The van der Waals surface area contributed by atoms with Crippen molar-refractivity contribution in [2.75, 3.05) is 19.3 Å². The van der Waals surface area contributed by atoms with E-state index in [1.54, 1.807) is 12.1 Å². The summed E-state index contributed by atoms with van der Waals surface area (Å²) in [6.07, 6.45) is 3.91. The highest BCUT2D eigenvalue weighted by molar-refractivity contribution is 7.90. The summed E-state index contributed by atoms with van der Waals surface area (Å²) < 4.78 is 22.8. The minimum Gasteiger partial charge on any atom is -0.352 e. The lowest BCUT2D eigenvalue weighted by Crippen LogP contribution is -2.24. The number of carbonyl (C=O) groups is 1. The fourth-order valence-corrected chi connectivity index (χ4v) is 2.28. The van der Waals surface area contributed by atoms with Gasteiger partial charge in [-0.25, -0.2) is 8.42 Å². The number of nitrogens with two attached hydrogens (primary N) is 1. The molecule has 0 spiro atoms. The van der Waals surface area contributed by atoms with Crippen molar-refractivity contribution in [2.24, 2.45) is 5.73 Å². The Morgan fingerprint density at radius 2 is 2.00 bits per heavy atom. The fourth-order valence-electron chi connectivity index (χ4n) is 1.62. The molecule has 106 valence electrons. The first-order chi connectivity index (χ1) is 8.95. The van der Waals surface area contributed by atoms with E-state index in [2.05, 4.69) is 5.32 Å². The molecule has 6 heteroatoms. The van der Waals surface area contributed by atoms with Crippen molar-refractivity contribution in [1.82, 2.24) is 5.32 Å². The van der Waals surface area contributed by atoms with Gasteiger partial charge in [-0.2, -0.15) is 0 Å². The maximum absolute atomic E-state index is 11.8. The summed E-state index contributed by atoms with van der Waals surface area (Å²) in [5.74, 6) is -0.252. The number of unbranched alkanes of at least 4 members (excludes halogenated alkanes) is 2. The second-order valence-electron chi connectivity index (χ2n) is 4.41. The van der Waals surface area contributed by atoms with Gasteiger partial charge in [-0.15, -0.1) is 0 Å². The Kier molecular flexibility index (Phi) is 5.98. The zero-order valence-electron chi connectivity index (χ0n) is 11.1. The summed E-state index contributed by atoms with van der Waals surface area (Å²) in [5.41, 5.74) is 5.74. The lowest BCUT2D eigenvalue weighted by molar-refractivity contribution is 0.0952. The summed E-state index contributed by atoms with van der Waals surface area (Å²) in [6, 6.07) is 6.04. The summed E-state index contributed by atoms with van der Waals surface area (Å²) in [5, 5.41) is 2.76. The van der Waals surface area contributed by atoms with Gasteiger partial charge in [0.2, 0.25) is 0 Å². The maximum atomic E-state index is 11.8. The fraction of sp³-hybridized carbons (Fsp3) is 0.462. The van der Waals surface area contributed by atoms with Gasteiger partial charge in [-0.05, 0) is 37.6 Å². The number of hydrogen-bond donors (Lipinski definition) is 2. The predicted octanol–water partition coefficient (Wildman–Crippen LogP) is 0.949. The van der Waals surface area contributed by atoms with Crippen molar-refractivity contribution < 1.29 is 13.2 Å². The Labute approximate surface area is 114 Å². The van der Waals surface area contributed by atoms with Gasteiger partial charge >= 0.3 is 0 Å². The number of amides is 1. The molecule has 1 aromatic carbocycles. The van der Waals surface area contributed by atoms with Crippen molar-refractivity contribution in [3.8, 4) is 0 Å². The van der Waals surface area contributed by atoms with Crippen molar-refractivity contribution in [2.45, 2.75) is 24.2 Å². The Bertz CT molecular complexity index is 526. The van der Waals surface area contributed by atoms with Crippen molar-refractivity contribution in [3.63, 3.8) is 0 Å². The third kappa shape index (κ3) is 5.40. The van der Waals surface area contributed by atoms with Crippen LogP contribution in [0.15, 0.2) is 29.2 Å². The van der Waals surface area contributed by atoms with E-state index in [9.17, 15) is 13.2 Å². The zero-order valence-corrected chi connectivity index (χ0v) is 11.9. The Morgan fingerprint density at radius 3 is 2.63 bits per heavy atom. The standard InChI is InChI=1S/C13H20N2O3S/c1-19(17,18)12-7-5-6-11(10-12)13(16)15-9-4-2-3-8-14/h5-7,10H,2-4,8-9,14H2,1H3,(H,15,16). The summed E-state index contributed by atoms with van der Waals surface area (Å²) >= 11 is 0. The van der Waals surface area contributed by atoms with Gasteiger partial charge in [0, 0.05) is 18.4 Å². The van der Waals surface area contributed by atoms with Crippen LogP contribution in [0.25, 0.3) is 0 Å². The Morgan fingerprint density at radius 1 is 1.26 bits per heavy atom. The second-order valence-corrected chi connectivity index (χ2v) is 6.42. The normalized spacial score (nSPS) is 11.3. The minimum atomic E-state index is -3.29. The number of benzene rings is 1. The minimum absolute atomic E-state index is 0.156. The summed E-state index contributed by atoms with van der Waals surface area (Å²) in [6.45, 7) is 1.23. The van der Waals surface area contributed by atoms with Crippen LogP contribution in [-0.2, 0) is 9.84 Å². The van der Waals surface area contributed by atoms with Crippen LogP contribution in [0.1, 0.15) is 29.6 Å². The molecule has 1 amide bonds. The summed E-state index contributed by atoms with van der Waals surface area (Å²) in [7, 11) is -3.29. The van der Waals surface area contributed by atoms with Gasteiger partial charge in [0.05, 0.1) is 4.90 Å². The van der Waals surface area contributed by atoms with Crippen molar-refractivity contribution in [3.05, 3.63) is 29.8 Å². The maximum Gasteiger partial charge on any atom is 0.251 e. The number of nitrogens with one attached hydrogen (secondary N) is 1. The third-order valence-corrected chi connectivity index (χ3v) is 3.80. The lowest BCUT2D eigenvalue weighted by Gasteiger charge is -2.06. The van der Waals surface area contributed by atoms with Gasteiger partial charge in [0.1, 0.15) is 0 Å². The number of sulfone groups is 1. The number of hydrogen-bond acceptors (Lipinski definition) is 4. The molecule has 0 saturated carbocycles. The van der Waals surface area contributed by atoms with Crippen molar-refractivity contribution >= 4 is 15.7 Å². The van der Waals surface area contributed by atoms with Crippen LogP contribution in [-0.4, -0.2) is 33.7 Å². The largest absolute Gasteiger partial charge is 0.352 e. The first-order valence-corrected chi connectivity index (χ1v) is 8.12. The molecule has 0 heterocycles. The molecule has 3 N–H and O–H groups in total.